The summed E-state index contributed by atoms with van der Waals surface area (Å²) in [7, 11) is 0. The lowest BCUT2D eigenvalue weighted by molar-refractivity contribution is -0.102. The molecule has 2 rings (SSSR count). The molecule has 1 saturated heterocycles. The number of nitrogens with one attached hydrogen (secondary N) is 1. The van der Waals surface area contributed by atoms with E-state index in [1.165, 1.54) is 5.56 Å². The smallest absolute Gasteiger partial charge is 0.100 e. The van der Waals surface area contributed by atoms with Crippen LogP contribution in [0.2, 0.25) is 0 Å². The molecule has 1 fully saturated rings. The minimum atomic E-state index is 0.121. The van der Waals surface area contributed by atoms with E-state index in [0.717, 1.165) is 6.54 Å². The maximum absolute atomic E-state index is 5.76. The van der Waals surface area contributed by atoms with Crippen LogP contribution in [0, 0.1) is 0 Å². The van der Waals surface area contributed by atoms with Crippen LogP contribution in [0.25, 0.3) is 0 Å². The van der Waals surface area contributed by atoms with Crippen molar-refractivity contribution in [3.8, 4) is 0 Å². The summed E-state index contributed by atoms with van der Waals surface area (Å²) in [5.41, 5.74) is 1.26. The van der Waals surface area contributed by atoms with Crippen molar-refractivity contribution in [3.63, 3.8) is 0 Å². The van der Waals surface area contributed by atoms with E-state index >= 15 is 0 Å². The molecule has 1 N–H and O–H groups in total. The molecule has 0 radical (unpaired) electrons. The van der Waals surface area contributed by atoms with E-state index in [0.29, 0.717) is 19.8 Å². The highest BCUT2D eigenvalue weighted by molar-refractivity contribution is 5.20. The minimum absolute atomic E-state index is 0.121. The fraction of sp³-hybridized carbons (Fsp3) is 0.538. The largest absolute Gasteiger partial charge is 0.376 e. The molecule has 0 amide bonds. The van der Waals surface area contributed by atoms with E-state index in [1.54, 1.807) is 0 Å². The van der Waals surface area contributed by atoms with Gasteiger partial charge in [0.2, 0.25) is 0 Å². The Morgan fingerprint density at radius 2 is 2.12 bits per heavy atom. The molecule has 2 atom stereocenters. The summed E-state index contributed by atoms with van der Waals surface area (Å²) in [4.78, 5) is 0. The number of ether oxygens (including phenoxy) is 2. The zero-order valence-electron chi connectivity index (χ0n) is 9.69. The van der Waals surface area contributed by atoms with Crippen molar-refractivity contribution >= 4 is 0 Å². The summed E-state index contributed by atoms with van der Waals surface area (Å²) in [5.74, 6) is 0. The summed E-state index contributed by atoms with van der Waals surface area (Å²) in [6.45, 7) is 5.12. The van der Waals surface area contributed by atoms with Gasteiger partial charge in [0, 0.05) is 0 Å². The van der Waals surface area contributed by atoms with Crippen LogP contribution in [0.4, 0.5) is 0 Å². The van der Waals surface area contributed by atoms with Crippen LogP contribution in [-0.2, 0) is 9.47 Å². The Kier molecular flexibility index (Phi) is 4.34. The van der Waals surface area contributed by atoms with Gasteiger partial charge in [0.05, 0.1) is 25.9 Å². The molecule has 1 aliphatic heterocycles. The van der Waals surface area contributed by atoms with Gasteiger partial charge in [-0.15, -0.1) is 0 Å². The lowest BCUT2D eigenvalue weighted by Gasteiger charge is -2.31. The van der Waals surface area contributed by atoms with Crippen LogP contribution in [-0.4, -0.2) is 32.5 Å². The summed E-state index contributed by atoms with van der Waals surface area (Å²) in [6.07, 6.45) is 0.121. The zero-order chi connectivity index (χ0) is 11.2. The molecule has 16 heavy (non-hydrogen) atoms. The highest BCUT2D eigenvalue weighted by Gasteiger charge is 2.25. The third kappa shape index (κ3) is 2.82. The molecule has 1 heterocycles. The second kappa shape index (κ2) is 5.99. The van der Waals surface area contributed by atoms with Crippen LogP contribution in [0.5, 0.6) is 0 Å². The van der Waals surface area contributed by atoms with E-state index in [2.05, 4.69) is 36.5 Å². The average molecular weight is 221 g/mol. The van der Waals surface area contributed by atoms with Crippen molar-refractivity contribution in [3.05, 3.63) is 35.9 Å². The third-order valence-corrected chi connectivity index (χ3v) is 2.80. The van der Waals surface area contributed by atoms with Gasteiger partial charge in [-0.25, -0.2) is 0 Å². The van der Waals surface area contributed by atoms with Crippen LogP contribution < -0.4 is 5.32 Å². The first-order chi connectivity index (χ1) is 7.92. The molecule has 3 heteroatoms. The molecular formula is C13H19NO2. The topological polar surface area (TPSA) is 30.5 Å². The summed E-state index contributed by atoms with van der Waals surface area (Å²) in [5, 5.41) is 3.46. The van der Waals surface area contributed by atoms with Crippen molar-refractivity contribution in [2.45, 2.75) is 19.1 Å². The molecule has 1 aromatic rings. The second-order valence-corrected chi connectivity index (χ2v) is 3.93. The van der Waals surface area contributed by atoms with E-state index in [-0.39, 0.29) is 12.1 Å². The van der Waals surface area contributed by atoms with Gasteiger partial charge in [0.15, 0.2) is 0 Å². The standard InChI is InChI=1S/C13H19NO2/c1-2-14-13(11-6-4-3-5-7-11)12-10-15-8-9-16-12/h3-7,12-14H,2,8-10H2,1H3. The van der Waals surface area contributed by atoms with Gasteiger partial charge < -0.3 is 14.8 Å². The molecule has 2 unspecified atom stereocenters. The van der Waals surface area contributed by atoms with Crippen molar-refractivity contribution < 1.29 is 9.47 Å². The van der Waals surface area contributed by atoms with Crippen molar-refractivity contribution in [2.24, 2.45) is 0 Å². The quantitative estimate of drug-likeness (QED) is 0.840. The maximum Gasteiger partial charge on any atom is 0.100 e. The Morgan fingerprint density at radius 1 is 1.31 bits per heavy atom. The Bertz CT molecular complexity index is 296. The van der Waals surface area contributed by atoms with Gasteiger partial charge in [0.1, 0.15) is 6.10 Å². The molecule has 1 aromatic carbocycles. The fourth-order valence-corrected chi connectivity index (χ4v) is 2.04. The van der Waals surface area contributed by atoms with Gasteiger partial charge in [0.25, 0.3) is 0 Å². The van der Waals surface area contributed by atoms with Crippen molar-refractivity contribution in [1.82, 2.24) is 5.32 Å². The zero-order valence-corrected chi connectivity index (χ0v) is 9.69. The monoisotopic (exact) mass is 221 g/mol. The number of likely N-dealkylation sites (N-methyl/N-ethyl adjacent to an activating group) is 1. The van der Waals surface area contributed by atoms with Crippen molar-refractivity contribution in [1.29, 1.82) is 0 Å². The van der Waals surface area contributed by atoms with E-state index in [9.17, 15) is 0 Å². The maximum atomic E-state index is 5.76. The minimum Gasteiger partial charge on any atom is -0.376 e. The first kappa shape index (κ1) is 11.6. The van der Waals surface area contributed by atoms with Gasteiger partial charge >= 0.3 is 0 Å². The fourth-order valence-electron chi connectivity index (χ4n) is 2.04. The number of rotatable bonds is 4. The lowest BCUT2D eigenvalue weighted by atomic mass is 10.0. The molecule has 0 bridgehead atoms. The SMILES string of the molecule is CCNC(c1ccccc1)C1COCCO1. The highest BCUT2D eigenvalue weighted by Crippen LogP contribution is 2.21. The predicted octanol–water partition coefficient (Wildman–Crippen LogP) is 1.75. The van der Waals surface area contributed by atoms with Gasteiger partial charge in [-0.1, -0.05) is 37.3 Å². The summed E-state index contributed by atoms with van der Waals surface area (Å²) >= 11 is 0. The molecular weight excluding hydrogens is 202 g/mol. The van der Waals surface area contributed by atoms with Crippen LogP contribution in [0.3, 0.4) is 0 Å². The molecule has 0 spiro atoms. The first-order valence-electron chi connectivity index (χ1n) is 5.89. The number of hydrogen-bond donors (Lipinski definition) is 1. The summed E-state index contributed by atoms with van der Waals surface area (Å²) < 4.78 is 11.2. The molecule has 0 aliphatic carbocycles. The van der Waals surface area contributed by atoms with Gasteiger partial charge in [-0.05, 0) is 12.1 Å². The second-order valence-electron chi connectivity index (χ2n) is 3.93. The highest BCUT2D eigenvalue weighted by atomic mass is 16.6. The van der Waals surface area contributed by atoms with E-state index < -0.39 is 0 Å². The number of benzene rings is 1. The van der Waals surface area contributed by atoms with Crippen LogP contribution >= 0.6 is 0 Å². The Balaban J connectivity index is 2.09. The Labute approximate surface area is 96.8 Å². The average Bonchev–Trinajstić information content (AvgIpc) is 2.38. The molecule has 88 valence electrons. The first-order valence-corrected chi connectivity index (χ1v) is 5.89. The molecule has 0 saturated carbocycles. The number of hydrogen-bond acceptors (Lipinski definition) is 3. The lowest BCUT2D eigenvalue weighted by Crippen LogP contribution is -2.40. The Morgan fingerprint density at radius 3 is 2.75 bits per heavy atom. The third-order valence-electron chi connectivity index (χ3n) is 2.80. The van der Waals surface area contributed by atoms with Gasteiger partial charge in [-0.2, -0.15) is 0 Å². The summed E-state index contributed by atoms with van der Waals surface area (Å²) in [6, 6.07) is 10.6. The van der Waals surface area contributed by atoms with Crippen molar-refractivity contribution in [2.75, 3.05) is 26.4 Å². The molecule has 0 aromatic heterocycles. The van der Waals surface area contributed by atoms with E-state index in [4.69, 9.17) is 9.47 Å². The molecule has 1 aliphatic rings. The van der Waals surface area contributed by atoms with Gasteiger partial charge in [-0.3, -0.25) is 0 Å². The van der Waals surface area contributed by atoms with Crippen LogP contribution in [0.15, 0.2) is 30.3 Å². The van der Waals surface area contributed by atoms with Crippen LogP contribution in [0.1, 0.15) is 18.5 Å². The normalized spacial score (nSPS) is 22.9. The molecule has 3 nitrogen and oxygen atoms in total. The van der Waals surface area contributed by atoms with E-state index in [1.807, 2.05) is 6.07 Å². The predicted molar refractivity (Wildman–Crippen MR) is 63.4 cm³/mol. The Hall–Kier alpha value is -0.900.